The number of hydrogen-bond donors (Lipinski definition) is 4. The van der Waals surface area contributed by atoms with Crippen molar-refractivity contribution < 1.29 is 9.59 Å². The summed E-state index contributed by atoms with van der Waals surface area (Å²) in [6.45, 7) is 7.16. The Balaban J connectivity index is 1.36. The molecule has 4 rings (SSSR count). The number of thiazole rings is 1. The van der Waals surface area contributed by atoms with Crippen molar-refractivity contribution in [3.63, 3.8) is 0 Å². The van der Waals surface area contributed by atoms with E-state index in [-0.39, 0.29) is 17.9 Å². The lowest BCUT2D eigenvalue weighted by atomic mass is 10.1. The summed E-state index contributed by atoms with van der Waals surface area (Å²) in [5.74, 6) is -0.212. The fourth-order valence-corrected chi connectivity index (χ4v) is 5.58. The summed E-state index contributed by atoms with van der Waals surface area (Å²) in [5.41, 5.74) is 8.33. The third kappa shape index (κ3) is 6.92. The van der Waals surface area contributed by atoms with Crippen molar-refractivity contribution in [2.75, 3.05) is 49.9 Å². The number of piperazine rings is 1. The molecule has 0 spiro atoms. The number of guanidine groups is 1. The van der Waals surface area contributed by atoms with Crippen LogP contribution < -0.4 is 16.4 Å². The number of nitrogens with two attached hydrogens (primary N) is 1. The maximum Gasteiger partial charge on any atom is 0.320 e. The molecule has 0 saturated carbocycles. The van der Waals surface area contributed by atoms with Crippen molar-refractivity contribution in [1.82, 2.24) is 19.7 Å². The van der Waals surface area contributed by atoms with Gasteiger partial charge in [-0.25, -0.2) is 9.78 Å². The number of aryl methyl sites for hydroxylation is 2. The van der Waals surface area contributed by atoms with Gasteiger partial charge in [-0.15, -0.1) is 11.3 Å². The molecule has 10 nitrogen and oxygen atoms in total. The largest absolute Gasteiger partial charge is 0.370 e. The highest BCUT2D eigenvalue weighted by Crippen LogP contribution is 2.27. The summed E-state index contributed by atoms with van der Waals surface area (Å²) >= 11 is 1.53. The lowest BCUT2D eigenvalue weighted by Gasteiger charge is -2.36. The summed E-state index contributed by atoms with van der Waals surface area (Å²) in [5, 5.41) is 13.6. The van der Waals surface area contributed by atoms with E-state index in [1.807, 2.05) is 34.1 Å². The zero-order chi connectivity index (χ0) is 24.8. The molecule has 2 aliphatic rings. The number of aromatic nitrogens is 1. The van der Waals surface area contributed by atoms with Gasteiger partial charge in [0.1, 0.15) is 0 Å². The average molecular weight is 499 g/mol. The van der Waals surface area contributed by atoms with Crippen molar-refractivity contribution >= 4 is 40.1 Å². The van der Waals surface area contributed by atoms with Crippen LogP contribution in [0.25, 0.3) is 0 Å². The Bertz CT molecular complexity index is 1040. The summed E-state index contributed by atoms with van der Waals surface area (Å²) in [6, 6.07) is 8.03. The third-order valence-electron chi connectivity index (χ3n) is 6.33. The lowest BCUT2D eigenvalue weighted by molar-refractivity contribution is -0.114. The van der Waals surface area contributed by atoms with Gasteiger partial charge >= 0.3 is 6.03 Å². The van der Waals surface area contributed by atoms with Crippen LogP contribution in [0, 0.1) is 5.41 Å². The van der Waals surface area contributed by atoms with Gasteiger partial charge in [0, 0.05) is 63.3 Å². The number of anilines is 2. The number of carbonyl (C=O) groups excluding carboxylic acids is 2. The minimum absolute atomic E-state index is 0.0865. The molecular weight excluding hydrogens is 464 g/mol. The molecule has 0 radical (unpaired) electrons. The van der Waals surface area contributed by atoms with Crippen LogP contribution in [0.2, 0.25) is 0 Å². The topological polar surface area (TPSA) is 131 Å². The van der Waals surface area contributed by atoms with Crippen LogP contribution in [0.5, 0.6) is 0 Å². The van der Waals surface area contributed by atoms with Crippen LogP contribution in [-0.2, 0) is 24.2 Å². The number of nitrogens with one attached hydrogen (secondary N) is 3. The van der Waals surface area contributed by atoms with Gasteiger partial charge in [0.25, 0.3) is 0 Å². The highest BCUT2D eigenvalue weighted by atomic mass is 32.1. The zero-order valence-corrected chi connectivity index (χ0v) is 21.0. The second kappa shape index (κ2) is 11.5. The van der Waals surface area contributed by atoms with E-state index in [0.29, 0.717) is 5.13 Å². The van der Waals surface area contributed by atoms with Gasteiger partial charge in [0.15, 0.2) is 11.1 Å². The zero-order valence-electron chi connectivity index (χ0n) is 20.2. The molecule has 2 aromatic rings. The van der Waals surface area contributed by atoms with E-state index in [1.165, 1.54) is 18.3 Å². The first-order valence-electron chi connectivity index (χ1n) is 12.1. The van der Waals surface area contributed by atoms with E-state index in [9.17, 15) is 9.59 Å². The standard InChI is InChI=1S/C24H34N8O2S/c1-17(33)27-23-29-20(9-6-18-4-7-19(8-5-18)28-22(25)26)21(35-23)16-30-12-14-32(15-13-30)24(34)31-10-2-3-11-31/h4-5,7-8H,2-3,6,9-16H2,1H3,(H4,25,26,28)(H,27,29,33). The van der Waals surface area contributed by atoms with Gasteiger partial charge in [0.05, 0.1) is 5.69 Å². The minimum atomic E-state index is -0.126. The van der Waals surface area contributed by atoms with Crippen molar-refractivity contribution in [3.05, 3.63) is 40.4 Å². The summed E-state index contributed by atoms with van der Waals surface area (Å²) < 4.78 is 0. The normalized spacial score (nSPS) is 16.4. The number of likely N-dealkylation sites (tertiary alicyclic amines) is 1. The smallest absolute Gasteiger partial charge is 0.320 e. The van der Waals surface area contributed by atoms with E-state index >= 15 is 0 Å². The fourth-order valence-electron chi connectivity index (χ4n) is 4.49. The van der Waals surface area contributed by atoms with Gasteiger partial charge in [-0.05, 0) is 43.4 Å². The molecule has 5 N–H and O–H groups in total. The van der Waals surface area contributed by atoms with Crippen LogP contribution in [0.3, 0.4) is 0 Å². The average Bonchev–Trinajstić information content (AvgIpc) is 3.48. The molecule has 0 atom stereocenters. The number of hydrogen-bond acceptors (Lipinski definition) is 6. The Hall–Kier alpha value is -3.18. The Morgan fingerprint density at radius 2 is 1.66 bits per heavy atom. The molecule has 0 aliphatic carbocycles. The van der Waals surface area contributed by atoms with E-state index < -0.39 is 0 Å². The molecule has 3 heterocycles. The molecule has 2 saturated heterocycles. The molecular formula is C24H34N8O2S. The van der Waals surface area contributed by atoms with E-state index in [4.69, 9.17) is 16.1 Å². The monoisotopic (exact) mass is 498 g/mol. The van der Waals surface area contributed by atoms with Gasteiger partial charge < -0.3 is 26.2 Å². The van der Waals surface area contributed by atoms with Gasteiger partial charge in [-0.3, -0.25) is 15.1 Å². The first-order chi connectivity index (χ1) is 16.9. The molecule has 2 fully saturated rings. The highest BCUT2D eigenvalue weighted by molar-refractivity contribution is 7.15. The number of urea groups is 1. The molecule has 35 heavy (non-hydrogen) atoms. The van der Waals surface area contributed by atoms with Crippen LogP contribution in [0.1, 0.15) is 35.9 Å². The van der Waals surface area contributed by atoms with Gasteiger partial charge in [0.2, 0.25) is 5.91 Å². The second-order valence-electron chi connectivity index (χ2n) is 9.05. The highest BCUT2D eigenvalue weighted by Gasteiger charge is 2.27. The van der Waals surface area contributed by atoms with Crippen LogP contribution in [0.4, 0.5) is 15.6 Å². The summed E-state index contributed by atoms with van der Waals surface area (Å²) in [7, 11) is 0. The quantitative estimate of drug-likeness (QED) is 0.343. The van der Waals surface area contributed by atoms with E-state index in [2.05, 4.69) is 15.5 Å². The van der Waals surface area contributed by atoms with Crippen molar-refractivity contribution in [3.8, 4) is 0 Å². The number of carbonyl (C=O) groups is 2. The Labute approximate surface area is 210 Å². The van der Waals surface area contributed by atoms with Crippen molar-refractivity contribution in [2.45, 2.75) is 39.2 Å². The minimum Gasteiger partial charge on any atom is -0.370 e. The second-order valence-corrected chi connectivity index (χ2v) is 10.1. The Kier molecular flexibility index (Phi) is 8.19. The first kappa shape index (κ1) is 24.9. The molecule has 188 valence electrons. The lowest BCUT2D eigenvalue weighted by Crippen LogP contribution is -2.52. The molecule has 1 aromatic heterocycles. The van der Waals surface area contributed by atoms with Crippen LogP contribution in [0.15, 0.2) is 24.3 Å². The first-order valence-corrected chi connectivity index (χ1v) is 12.9. The number of rotatable bonds is 7. The van der Waals surface area contributed by atoms with E-state index in [0.717, 1.165) is 93.3 Å². The Morgan fingerprint density at radius 3 is 2.29 bits per heavy atom. The van der Waals surface area contributed by atoms with Gasteiger partial charge in [-0.1, -0.05) is 12.1 Å². The number of amides is 3. The molecule has 2 aliphatic heterocycles. The number of nitrogens with zero attached hydrogens (tertiary/aromatic N) is 4. The van der Waals surface area contributed by atoms with Crippen LogP contribution in [-0.4, -0.2) is 76.9 Å². The molecule has 0 bridgehead atoms. The van der Waals surface area contributed by atoms with Crippen molar-refractivity contribution in [1.29, 1.82) is 5.41 Å². The fraction of sp³-hybridized carbons (Fsp3) is 0.500. The van der Waals surface area contributed by atoms with Crippen molar-refractivity contribution in [2.24, 2.45) is 5.73 Å². The predicted molar refractivity (Wildman–Crippen MR) is 139 cm³/mol. The molecule has 3 amide bonds. The third-order valence-corrected chi connectivity index (χ3v) is 7.33. The van der Waals surface area contributed by atoms with E-state index in [1.54, 1.807) is 0 Å². The number of benzene rings is 1. The maximum atomic E-state index is 12.7. The molecule has 11 heteroatoms. The molecule has 1 aromatic carbocycles. The van der Waals surface area contributed by atoms with Gasteiger partial charge in [-0.2, -0.15) is 0 Å². The SMILES string of the molecule is CC(=O)Nc1nc(CCc2ccc(NC(=N)N)cc2)c(CN2CCN(C(=O)N3CCCC3)CC2)s1. The summed E-state index contributed by atoms with van der Waals surface area (Å²) in [4.78, 5) is 36.5. The predicted octanol–water partition coefficient (Wildman–Crippen LogP) is 2.53. The summed E-state index contributed by atoms with van der Waals surface area (Å²) in [6.07, 6.45) is 3.79. The Morgan fingerprint density at radius 1 is 1.00 bits per heavy atom. The van der Waals surface area contributed by atoms with Crippen LogP contribution >= 0.6 is 11.3 Å². The maximum absolute atomic E-state index is 12.7. The molecule has 0 unspecified atom stereocenters.